The minimum absolute atomic E-state index is 0.0863. The van der Waals surface area contributed by atoms with Gasteiger partial charge in [0.25, 0.3) is 0 Å². The van der Waals surface area contributed by atoms with E-state index in [0.29, 0.717) is 12.8 Å². The fraction of sp³-hybridized carbons (Fsp3) is 0.735. The quantitative estimate of drug-likeness (QED) is 0.0373. The topological polar surface area (TPSA) is 72.8 Å². The Morgan fingerprint density at radius 3 is 0.890 bits per heavy atom. The van der Waals surface area contributed by atoms with E-state index >= 15 is 0 Å². The summed E-state index contributed by atoms with van der Waals surface area (Å²) >= 11 is 0. The van der Waals surface area contributed by atoms with Crippen LogP contribution in [0.25, 0.3) is 0 Å². The van der Waals surface area contributed by atoms with Crippen LogP contribution in [0.5, 0.6) is 0 Å². The zero-order chi connectivity index (χ0) is 52.7. The van der Waals surface area contributed by atoms with Crippen LogP contribution in [-0.2, 0) is 19.1 Å². The van der Waals surface area contributed by atoms with Gasteiger partial charge in [-0.3, -0.25) is 9.59 Å². The molecule has 0 saturated heterocycles. The molecule has 0 aromatic rings. The molecule has 0 amide bonds. The average Bonchev–Trinajstić information content (AvgIpc) is 3.39. The summed E-state index contributed by atoms with van der Waals surface area (Å²) in [4.78, 5) is 24.6. The van der Waals surface area contributed by atoms with Crippen LogP contribution >= 0.6 is 0 Å². The standard InChI is InChI=1S/C68H118O5/c1-3-5-7-9-11-13-15-17-19-21-23-25-27-29-31-32-33-34-35-37-38-40-42-44-46-48-50-52-54-56-58-60-62-67(70)72-65-66(64-69)73-68(71)63-61-59-57-55-53-51-49-47-45-43-41-39-36-30-28-26-24-22-20-18-16-14-12-10-8-6-4-2/h6,8,12,14,18,20,24,26,30,36,41,43,47,49,53,55,66,69H,3-5,7,9-11,13,15-17,19,21-23,25,27-29,31-35,37-40,42,44-46,48,50-52,54,56-65H2,1-2H3/b8-6-,14-12-,20-18-,26-24-,36-30-,43-41-,49-47-,55-53-. The zero-order valence-electron chi connectivity index (χ0n) is 48.1. The summed E-state index contributed by atoms with van der Waals surface area (Å²) < 4.78 is 10.7. The van der Waals surface area contributed by atoms with E-state index < -0.39 is 6.10 Å². The number of carbonyl (C=O) groups is 2. The highest BCUT2D eigenvalue weighted by Gasteiger charge is 2.16. The van der Waals surface area contributed by atoms with Crippen LogP contribution in [0, 0.1) is 0 Å². The third kappa shape index (κ3) is 61.3. The fourth-order valence-electron chi connectivity index (χ4n) is 8.99. The van der Waals surface area contributed by atoms with Crippen molar-refractivity contribution in [3.63, 3.8) is 0 Å². The lowest BCUT2D eigenvalue weighted by Crippen LogP contribution is -2.28. The highest BCUT2D eigenvalue weighted by Crippen LogP contribution is 2.17. The van der Waals surface area contributed by atoms with E-state index in [0.717, 1.165) is 89.9 Å². The van der Waals surface area contributed by atoms with Gasteiger partial charge in [-0.1, -0.05) is 310 Å². The lowest BCUT2D eigenvalue weighted by molar-refractivity contribution is -0.161. The maximum absolute atomic E-state index is 12.3. The van der Waals surface area contributed by atoms with Gasteiger partial charge in [0.05, 0.1) is 6.61 Å². The van der Waals surface area contributed by atoms with Crippen molar-refractivity contribution in [2.75, 3.05) is 13.2 Å². The number of carbonyl (C=O) groups excluding carboxylic acids is 2. The van der Waals surface area contributed by atoms with E-state index in [9.17, 15) is 14.7 Å². The van der Waals surface area contributed by atoms with Crippen LogP contribution in [0.15, 0.2) is 97.2 Å². The number of aliphatic hydroxyl groups excluding tert-OH is 1. The fourth-order valence-corrected chi connectivity index (χ4v) is 8.99. The third-order valence-electron chi connectivity index (χ3n) is 13.6. The Morgan fingerprint density at radius 1 is 0.329 bits per heavy atom. The molecule has 0 saturated carbocycles. The summed E-state index contributed by atoms with van der Waals surface area (Å²) in [5.41, 5.74) is 0. The number of rotatable bonds is 57. The molecule has 0 fully saturated rings. The summed E-state index contributed by atoms with van der Waals surface area (Å²) in [5.74, 6) is -0.636. The van der Waals surface area contributed by atoms with Crippen LogP contribution in [0.3, 0.4) is 0 Å². The van der Waals surface area contributed by atoms with Crippen molar-refractivity contribution in [2.24, 2.45) is 0 Å². The van der Waals surface area contributed by atoms with Crippen molar-refractivity contribution >= 4 is 11.9 Å². The molecule has 0 radical (unpaired) electrons. The summed E-state index contributed by atoms with van der Waals surface area (Å²) in [7, 11) is 0. The van der Waals surface area contributed by atoms with Crippen LogP contribution in [-0.4, -0.2) is 36.4 Å². The summed E-state index contributed by atoms with van der Waals surface area (Å²) in [5, 5.41) is 9.66. The number of allylic oxidation sites excluding steroid dienone is 16. The second-order valence-corrected chi connectivity index (χ2v) is 20.8. The average molecular weight is 1020 g/mol. The molecule has 5 heteroatoms. The predicted octanol–water partition coefficient (Wildman–Crippen LogP) is 21.5. The first kappa shape index (κ1) is 69.8. The zero-order valence-corrected chi connectivity index (χ0v) is 48.1. The molecule has 0 aromatic carbocycles. The highest BCUT2D eigenvalue weighted by molar-refractivity contribution is 5.70. The molecule has 0 aliphatic heterocycles. The Labute approximate surface area is 453 Å². The Bertz CT molecular complexity index is 1380. The predicted molar refractivity (Wildman–Crippen MR) is 320 cm³/mol. The summed E-state index contributed by atoms with van der Waals surface area (Å²) in [6.45, 7) is 4.02. The van der Waals surface area contributed by atoms with Crippen molar-refractivity contribution in [3.8, 4) is 0 Å². The van der Waals surface area contributed by atoms with Gasteiger partial charge in [-0.05, 0) is 77.0 Å². The van der Waals surface area contributed by atoms with Crippen LogP contribution in [0.2, 0.25) is 0 Å². The lowest BCUT2D eigenvalue weighted by atomic mass is 10.0. The molecule has 420 valence electrons. The molecule has 1 unspecified atom stereocenters. The minimum atomic E-state index is -0.802. The van der Waals surface area contributed by atoms with Gasteiger partial charge >= 0.3 is 11.9 Å². The molecule has 0 bridgehead atoms. The van der Waals surface area contributed by atoms with Gasteiger partial charge in [-0.2, -0.15) is 0 Å². The first-order chi connectivity index (χ1) is 36.1. The smallest absolute Gasteiger partial charge is 0.306 e. The number of ether oxygens (including phenoxy) is 2. The molecule has 73 heavy (non-hydrogen) atoms. The molecule has 1 atom stereocenters. The van der Waals surface area contributed by atoms with E-state index in [4.69, 9.17) is 9.47 Å². The van der Waals surface area contributed by atoms with Crippen molar-refractivity contribution in [3.05, 3.63) is 97.2 Å². The SMILES string of the molecule is CC/C=C\C/C=C\C/C=C\C/C=C\C/C=C\C/C=C\C/C=C\C/C=C\CCCCC(=O)OC(CO)COC(=O)CCCCCCCCCCCCCCCCCCCCCCCCCCCCCCCCCC. The third-order valence-corrected chi connectivity index (χ3v) is 13.6. The van der Waals surface area contributed by atoms with Gasteiger partial charge in [-0.15, -0.1) is 0 Å². The van der Waals surface area contributed by atoms with Gasteiger partial charge in [0.1, 0.15) is 6.61 Å². The molecular formula is C68H118O5. The second-order valence-electron chi connectivity index (χ2n) is 20.8. The molecule has 0 aromatic heterocycles. The first-order valence-corrected chi connectivity index (χ1v) is 31.3. The van der Waals surface area contributed by atoms with Crippen molar-refractivity contribution in [2.45, 2.75) is 309 Å². The van der Waals surface area contributed by atoms with Crippen LogP contribution < -0.4 is 0 Å². The molecule has 5 nitrogen and oxygen atoms in total. The maximum atomic E-state index is 12.3. The maximum Gasteiger partial charge on any atom is 0.306 e. The summed E-state index contributed by atoms with van der Waals surface area (Å²) in [6, 6.07) is 0. The molecule has 0 heterocycles. The van der Waals surface area contributed by atoms with Crippen molar-refractivity contribution in [1.82, 2.24) is 0 Å². The van der Waals surface area contributed by atoms with E-state index in [1.165, 1.54) is 186 Å². The number of unbranched alkanes of at least 4 members (excludes halogenated alkanes) is 33. The van der Waals surface area contributed by atoms with Crippen molar-refractivity contribution in [1.29, 1.82) is 0 Å². The number of aliphatic hydroxyl groups is 1. The Hall–Kier alpha value is -3.18. The first-order valence-electron chi connectivity index (χ1n) is 31.3. The molecule has 0 spiro atoms. The number of esters is 2. The molecule has 0 aliphatic rings. The van der Waals surface area contributed by atoms with Gasteiger partial charge in [0.15, 0.2) is 6.10 Å². The van der Waals surface area contributed by atoms with E-state index in [1.807, 2.05) is 0 Å². The van der Waals surface area contributed by atoms with Crippen molar-refractivity contribution < 1.29 is 24.2 Å². The Morgan fingerprint density at radius 2 is 0.589 bits per heavy atom. The van der Waals surface area contributed by atoms with Gasteiger partial charge < -0.3 is 14.6 Å². The minimum Gasteiger partial charge on any atom is -0.462 e. The molecule has 1 N–H and O–H groups in total. The molecular weight excluding hydrogens is 897 g/mol. The lowest BCUT2D eigenvalue weighted by Gasteiger charge is -2.15. The largest absolute Gasteiger partial charge is 0.462 e. The Kier molecular flexibility index (Phi) is 60.4. The van der Waals surface area contributed by atoms with E-state index in [1.54, 1.807) is 0 Å². The van der Waals surface area contributed by atoms with E-state index in [2.05, 4.69) is 111 Å². The Balaban J connectivity index is 3.52. The monoisotopic (exact) mass is 1010 g/mol. The number of hydrogen-bond acceptors (Lipinski definition) is 5. The second kappa shape index (κ2) is 63.1. The van der Waals surface area contributed by atoms with Gasteiger partial charge in [-0.25, -0.2) is 0 Å². The highest BCUT2D eigenvalue weighted by atomic mass is 16.6. The number of hydrogen-bond donors (Lipinski definition) is 1. The summed E-state index contributed by atoms with van der Waals surface area (Å²) in [6.07, 6.45) is 89.9. The van der Waals surface area contributed by atoms with E-state index in [-0.39, 0.29) is 25.2 Å². The van der Waals surface area contributed by atoms with Crippen LogP contribution in [0.4, 0.5) is 0 Å². The molecule has 0 rings (SSSR count). The van der Waals surface area contributed by atoms with Gasteiger partial charge in [0.2, 0.25) is 0 Å². The normalized spacial score (nSPS) is 12.9. The van der Waals surface area contributed by atoms with Crippen LogP contribution in [0.1, 0.15) is 303 Å². The van der Waals surface area contributed by atoms with Gasteiger partial charge in [0, 0.05) is 12.8 Å². The molecule has 0 aliphatic carbocycles.